The number of aryl methyl sites for hydroxylation is 1. The van der Waals surface area contributed by atoms with Gasteiger partial charge in [-0.2, -0.15) is 0 Å². The molecule has 3 rings (SSSR count). The molecule has 0 unspecified atom stereocenters. The summed E-state index contributed by atoms with van der Waals surface area (Å²) in [7, 11) is 0. The van der Waals surface area contributed by atoms with Gasteiger partial charge in [-0.1, -0.05) is 19.4 Å². The Labute approximate surface area is 168 Å². The van der Waals surface area contributed by atoms with Crippen molar-refractivity contribution < 1.29 is 9.59 Å². The highest BCUT2D eigenvalue weighted by atomic mass is 16.2. The number of benzene rings is 1. The Kier molecular flexibility index (Phi) is 7.45. The monoisotopic (exact) mass is 386 g/mol. The predicted octanol–water partition coefficient (Wildman–Crippen LogP) is 3.09. The zero-order valence-electron chi connectivity index (χ0n) is 17.3. The molecule has 154 valence electrons. The van der Waals surface area contributed by atoms with Gasteiger partial charge in [-0.05, 0) is 82.4 Å². The predicted molar refractivity (Wildman–Crippen MR) is 114 cm³/mol. The highest BCUT2D eigenvalue weighted by Gasteiger charge is 2.18. The van der Waals surface area contributed by atoms with Crippen LogP contribution in [0.25, 0.3) is 0 Å². The topological polar surface area (TPSA) is 64.7 Å². The fourth-order valence-corrected chi connectivity index (χ4v) is 3.97. The second kappa shape index (κ2) is 10.0. The Morgan fingerprint density at radius 2 is 1.54 bits per heavy atom. The Bertz CT molecular complexity index is 677. The number of piperidine rings is 2. The standard InChI is InChI=1S/C22H34N4O2/c1-17-8-12-26(13-9-17)15-21(27)23-19-7-6-18(2)20(14-19)24-22(28)16-25-10-4-3-5-11-25/h6-7,14,17H,3-5,8-13,15-16H2,1-2H3,(H,23,27)(H,24,28). The summed E-state index contributed by atoms with van der Waals surface area (Å²) in [4.78, 5) is 29.2. The van der Waals surface area contributed by atoms with Crippen LogP contribution in [-0.2, 0) is 9.59 Å². The molecule has 0 spiro atoms. The number of hydrogen-bond acceptors (Lipinski definition) is 4. The van der Waals surface area contributed by atoms with Gasteiger partial charge >= 0.3 is 0 Å². The van der Waals surface area contributed by atoms with Crippen LogP contribution in [0.2, 0.25) is 0 Å². The molecule has 1 aromatic carbocycles. The van der Waals surface area contributed by atoms with Crippen LogP contribution >= 0.6 is 0 Å². The normalized spacial score (nSPS) is 19.4. The number of amides is 2. The van der Waals surface area contributed by atoms with E-state index in [1.807, 2.05) is 25.1 Å². The lowest BCUT2D eigenvalue weighted by molar-refractivity contribution is -0.118. The number of anilines is 2. The summed E-state index contributed by atoms with van der Waals surface area (Å²) in [5, 5.41) is 6.00. The SMILES string of the molecule is Cc1ccc(NC(=O)CN2CCC(C)CC2)cc1NC(=O)CN1CCCCC1. The molecule has 2 amide bonds. The minimum absolute atomic E-state index is 0.00370. The molecule has 0 aromatic heterocycles. The van der Waals surface area contributed by atoms with Gasteiger partial charge in [0.1, 0.15) is 0 Å². The second-order valence-corrected chi connectivity index (χ2v) is 8.42. The summed E-state index contributed by atoms with van der Waals surface area (Å²) in [6, 6.07) is 5.69. The van der Waals surface area contributed by atoms with E-state index in [1.165, 1.54) is 19.3 Å². The lowest BCUT2D eigenvalue weighted by Gasteiger charge is -2.29. The quantitative estimate of drug-likeness (QED) is 0.789. The number of hydrogen-bond donors (Lipinski definition) is 2. The van der Waals surface area contributed by atoms with Gasteiger partial charge in [-0.25, -0.2) is 0 Å². The van der Waals surface area contributed by atoms with E-state index in [4.69, 9.17) is 0 Å². The van der Waals surface area contributed by atoms with Crippen LogP contribution in [-0.4, -0.2) is 60.9 Å². The first-order valence-electron chi connectivity index (χ1n) is 10.6. The highest BCUT2D eigenvalue weighted by Crippen LogP contribution is 2.21. The van der Waals surface area contributed by atoms with Crippen molar-refractivity contribution in [2.24, 2.45) is 5.92 Å². The lowest BCUT2D eigenvalue weighted by atomic mass is 9.99. The molecule has 2 saturated heterocycles. The number of likely N-dealkylation sites (tertiary alicyclic amines) is 2. The van der Waals surface area contributed by atoms with Crippen molar-refractivity contribution in [1.82, 2.24) is 9.80 Å². The number of carbonyl (C=O) groups is 2. The fraction of sp³-hybridized carbons (Fsp3) is 0.636. The zero-order valence-corrected chi connectivity index (χ0v) is 17.3. The molecule has 0 saturated carbocycles. The van der Waals surface area contributed by atoms with Crippen LogP contribution in [0.1, 0.15) is 44.6 Å². The number of nitrogens with zero attached hydrogens (tertiary/aromatic N) is 2. The molecule has 2 N–H and O–H groups in total. The van der Waals surface area contributed by atoms with E-state index in [-0.39, 0.29) is 11.8 Å². The Morgan fingerprint density at radius 3 is 2.21 bits per heavy atom. The van der Waals surface area contributed by atoms with Crippen LogP contribution in [0.3, 0.4) is 0 Å². The van der Waals surface area contributed by atoms with Crippen LogP contribution in [0.4, 0.5) is 11.4 Å². The molecule has 2 fully saturated rings. The third kappa shape index (κ3) is 6.31. The largest absolute Gasteiger partial charge is 0.325 e. The van der Waals surface area contributed by atoms with Gasteiger partial charge in [0.05, 0.1) is 13.1 Å². The maximum Gasteiger partial charge on any atom is 0.238 e. The smallest absolute Gasteiger partial charge is 0.238 e. The molecular weight excluding hydrogens is 352 g/mol. The molecular formula is C22H34N4O2. The number of rotatable bonds is 6. The number of nitrogens with one attached hydrogen (secondary N) is 2. The van der Waals surface area contributed by atoms with E-state index in [1.54, 1.807) is 0 Å². The van der Waals surface area contributed by atoms with E-state index in [9.17, 15) is 9.59 Å². The molecule has 0 atom stereocenters. The summed E-state index contributed by atoms with van der Waals surface area (Å²) in [5.41, 5.74) is 2.50. The van der Waals surface area contributed by atoms with Crippen molar-refractivity contribution in [2.75, 3.05) is 49.9 Å². The molecule has 1 aromatic rings. The van der Waals surface area contributed by atoms with Crippen molar-refractivity contribution in [1.29, 1.82) is 0 Å². The van der Waals surface area contributed by atoms with Gasteiger partial charge in [-0.15, -0.1) is 0 Å². The molecule has 0 radical (unpaired) electrons. The second-order valence-electron chi connectivity index (χ2n) is 8.42. The minimum Gasteiger partial charge on any atom is -0.325 e. The van der Waals surface area contributed by atoms with E-state index < -0.39 is 0 Å². The van der Waals surface area contributed by atoms with Crippen molar-refractivity contribution in [3.05, 3.63) is 23.8 Å². The van der Waals surface area contributed by atoms with Gasteiger partial charge < -0.3 is 10.6 Å². The summed E-state index contributed by atoms with van der Waals surface area (Å²) >= 11 is 0. The average molecular weight is 387 g/mol. The van der Waals surface area contributed by atoms with E-state index in [0.29, 0.717) is 13.1 Å². The van der Waals surface area contributed by atoms with Crippen LogP contribution in [0, 0.1) is 12.8 Å². The first kappa shape index (κ1) is 20.8. The number of carbonyl (C=O) groups excluding carboxylic acids is 2. The molecule has 0 bridgehead atoms. The van der Waals surface area contributed by atoms with Gasteiger partial charge in [-0.3, -0.25) is 19.4 Å². The molecule has 2 heterocycles. The van der Waals surface area contributed by atoms with Crippen LogP contribution < -0.4 is 10.6 Å². The molecule has 6 heteroatoms. The van der Waals surface area contributed by atoms with Crippen molar-refractivity contribution in [3.8, 4) is 0 Å². The third-order valence-electron chi connectivity index (χ3n) is 5.85. The van der Waals surface area contributed by atoms with Crippen LogP contribution in [0.15, 0.2) is 18.2 Å². The third-order valence-corrected chi connectivity index (χ3v) is 5.85. The molecule has 6 nitrogen and oxygen atoms in total. The Morgan fingerprint density at radius 1 is 0.929 bits per heavy atom. The van der Waals surface area contributed by atoms with Crippen molar-refractivity contribution in [3.63, 3.8) is 0 Å². The molecule has 0 aliphatic carbocycles. The van der Waals surface area contributed by atoms with E-state index >= 15 is 0 Å². The fourth-order valence-electron chi connectivity index (χ4n) is 3.97. The van der Waals surface area contributed by atoms with Crippen molar-refractivity contribution in [2.45, 2.75) is 46.0 Å². The highest BCUT2D eigenvalue weighted by molar-refractivity contribution is 5.96. The Balaban J connectivity index is 1.52. The first-order valence-corrected chi connectivity index (χ1v) is 10.6. The molecule has 2 aliphatic heterocycles. The Hall–Kier alpha value is -1.92. The van der Waals surface area contributed by atoms with Gasteiger partial charge in [0, 0.05) is 11.4 Å². The molecule has 28 heavy (non-hydrogen) atoms. The maximum atomic E-state index is 12.4. The van der Waals surface area contributed by atoms with Gasteiger partial charge in [0.25, 0.3) is 0 Å². The first-order chi connectivity index (χ1) is 13.5. The maximum absolute atomic E-state index is 12.4. The van der Waals surface area contributed by atoms with Crippen LogP contribution in [0.5, 0.6) is 0 Å². The van der Waals surface area contributed by atoms with E-state index in [0.717, 1.165) is 61.9 Å². The average Bonchev–Trinajstić information content (AvgIpc) is 2.67. The van der Waals surface area contributed by atoms with Gasteiger partial charge in [0.2, 0.25) is 11.8 Å². The summed E-state index contributed by atoms with van der Waals surface area (Å²) in [5.74, 6) is 0.771. The van der Waals surface area contributed by atoms with Crippen molar-refractivity contribution >= 4 is 23.2 Å². The molecule has 2 aliphatic rings. The summed E-state index contributed by atoms with van der Waals surface area (Å²) in [6.45, 7) is 9.07. The summed E-state index contributed by atoms with van der Waals surface area (Å²) in [6.07, 6.45) is 5.92. The lowest BCUT2D eigenvalue weighted by Crippen LogP contribution is -2.38. The van der Waals surface area contributed by atoms with E-state index in [2.05, 4.69) is 27.4 Å². The van der Waals surface area contributed by atoms with Gasteiger partial charge in [0.15, 0.2) is 0 Å². The zero-order chi connectivity index (χ0) is 19.9. The summed E-state index contributed by atoms with van der Waals surface area (Å²) < 4.78 is 0. The minimum atomic E-state index is 0.00370.